The smallest absolute Gasteiger partial charge is 0.328 e. The molecule has 67 heteroatoms. The standard InChI is InChI=1S/C11H16FN3O4.2C10H13FN2O5S.C10H13FN2O4S2.C10H15N3O4S.2C10H14N2O5S.C10H14N2O4S2/c1-5-14-9(13)6(12)3-15(5)10-11(2,18)8(17)7(4-16)19-10;1-10(17)6(15)5(3-14)18-8(10)13-2-4(11)7(19)12-9(13)16;1-10(17)6(15)5(3-14)18-8(10)13-2-4(11)7(16)12-9(13)19;1-10(16)6(15)5(3-14)17-8(10)13-2-4(11)7(18)12-9(13)19;1-10(16)7(15)5(4-14)17-8(10)13-3-2-6(11)12-9(13)18;1-10(16)7(14)5(4-13)17-8(10)12-3-2-6(18)11-9(12)15;1-10(16)7(15)5(4-13)17-8(10)12-3-2-6(14)11-9(12)18;1-10(15)7(14)5(4-13)16-8(10)12-3-2-6(17)11-9(12)18/h3,7-8,10,16-18H,1,4H2,2H3,(H2,13,14);2*2,5-6,8,14-15,17H,3H2,1H3,(H,12,16,19);2,5-6,8,14-16H,3H2,1H3,(H,12,18,19);2-3,5,7-8,14-16H,4H2,1H3,(H2,11,12,18);2-3,5,7-8,13-14,16H,4H2,1H3,(H,11,15,18);2-3,5,7-8,13,15-16H,4H2,1H3,(H,11,14,18);2-3,5,7-8,13-15H,4H2,1H3,(H,11,17,18)/t7-,8+,10-,11?;3*5-,6+,8-,10?;4*5-,7+,8-,10?/m11111111/s1. The summed E-state index contributed by atoms with van der Waals surface area (Å²) >= 11 is 43.9. The summed E-state index contributed by atoms with van der Waals surface area (Å²) in [4.78, 5) is 68.4. The van der Waals surface area contributed by atoms with Crippen LogP contribution < -0.4 is 34.0 Å². The van der Waals surface area contributed by atoms with E-state index in [1.54, 1.807) is 12.3 Å². The topological polar surface area (TPSA) is 837 Å². The number of ether oxygens (including phenoxy) is 8. The Labute approximate surface area is 876 Å². The van der Waals surface area contributed by atoms with E-state index in [-0.39, 0.29) is 67.4 Å². The summed E-state index contributed by atoms with van der Waals surface area (Å²) in [7, 11) is 0. The Balaban J connectivity index is 0.000000188. The van der Waals surface area contributed by atoms with E-state index in [0.29, 0.717) is 4.64 Å². The van der Waals surface area contributed by atoms with Crippen molar-refractivity contribution in [2.75, 3.05) is 58.6 Å². The summed E-state index contributed by atoms with van der Waals surface area (Å²) in [5.74, 6) is -3.49. The highest BCUT2D eigenvalue weighted by molar-refractivity contribution is 7.72. The van der Waals surface area contributed by atoms with Gasteiger partial charge in [-0.3, -0.25) is 61.5 Å². The zero-order valence-corrected chi connectivity index (χ0v) is 85.9. The number of nitrogens with two attached hydrogens (primary N) is 2. The van der Waals surface area contributed by atoms with Gasteiger partial charge in [-0.15, -0.1) is 0 Å². The number of aromatic nitrogens is 14. The zero-order valence-electron chi connectivity index (χ0n) is 78.6. The summed E-state index contributed by atoms with van der Waals surface area (Å²) in [5.41, 5.74) is -5.46. The van der Waals surface area contributed by atoms with Crippen LogP contribution in [0.25, 0.3) is 0 Å². The van der Waals surface area contributed by atoms with Gasteiger partial charge in [-0.1, -0.05) is 55.5 Å². The molecule has 16 rings (SSSR count). The number of nitrogen functional groups attached to an aromatic ring is 1. The van der Waals surface area contributed by atoms with E-state index in [1.165, 1.54) is 106 Å². The molecule has 8 unspecified atom stereocenters. The predicted molar refractivity (Wildman–Crippen MR) is 519 cm³/mol. The van der Waals surface area contributed by atoms with Crippen molar-refractivity contribution in [1.29, 1.82) is 0 Å². The molecule has 0 saturated carbocycles. The number of nitrogens with one attached hydrogen (secondary N) is 6. The molecule has 0 spiro atoms. The molecule has 8 fully saturated rings. The van der Waals surface area contributed by atoms with Crippen molar-refractivity contribution in [3.63, 3.8) is 0 Å². The molecule has 34 N–H and O–H groups in total. The molecule has 16 heterocycles. The van der Waals surface area contributed by atoms with Crippen LogP contribution in [0.5, 0.6) is 0 Å². The molecule has 54 nitrogen and oxygen atoms in total. The maximum absolute atomic E-state index is 13.5. The van der Waals surface area contributed by atoms with E-state index < -0.39 is 279 Å². The van der Waals surface area contributed by atoms with Crippen molar-refractivity contribution in [3.05, 3.63) is 194 Å². The molecule has 9 aliphatic heterocycles. The summed E-state index contributed by atoms with van der Waals surface area (Å²) in [5, 5.41) is 233. The van der Waals surface area contributed by atoms with E-state index in [2.05, 4.69) is 58.7 Å². The third-order valence-corrected chi connectivity index (χ3v) is 27.3. The lowest BCUT2D eigenvalue weighted by molar-refractivity contribution is -0.111. The molecule has 32 atom stereocenters. The number of aromatic amines is 6. The predicted octanol–water partition coefficient (Wildman–Crippen LogP) is -5.43. The fraction of sp³-hybridized carbons (Fsp3) is 0.593. The minimum absolute atomic E-state index is 0.0439. The number of hydrogen-bond donors (Lipinski definition) is 32. The molecule has 9 aliphatic rings. The van der Waals surface area contributed by atoms with Gasteiger partial charge < -0.3 is 187 Å². The van der Waals surface area contributed by atoms with Gasteiger partial charge in [-0.2, -0.15) is 4.39 Å². The molecule has 8 saturated heterocycles. The second-order valence-corrected chi connectivity index (χ2v) is 39.5. The van der Waals surface area contributed by atoms with Crippen LogP contribution in [0.1, 0.15) is 99.0 Å². The van der Waals surface area contributed by atoms with E-state index in [9.17, 15) is 118 Å². The number of aliphatic hydroxyl groups is 24. The van der Waals surface area contributed by atoms with Crippen molar-refractivity contribution < 1.29 is 178 Å². The van der Waals surface area contributed by atoms with Crippen molar-refractivity contribution in [1.82, 2.24) is 71.8 Å². The molecule has 0 amide bonds. The van der Waals surface area contributed by atoms with Gasteiger partial charge in [0.1, 0.15) is 173 Å². The Morgan fingerprint density at radius 1 is 0.351 bits per heavy atom. The molecule has 148 heavy (non-hydrogen) atoms. The summed E-state index contributed by atoms with van der Waals surface area (Å²) < 4.78 is 105. The lowest BCUT2D eigenvalue weighted by Crippen LogP contribution is -2.51. The van der Waals surface area contributed by atoms with Crippen LogP contribution in [0.4, 0.5) is 23.4 Å². The molecule has 7 aromatic heterocycles. The molecule has 824 valence electrons. The highest BCUT2D eigenvalue weighted by Crippen LogP contribution is 2.46. The molecule has 0 bridgehead atoms. The van der Waals surface area contributed by atoms with Crippen LogP contribution in [0.15, 0.2) is 116 Å². The van der Waals surface area contributed by atoms with Gasteiger partial charge in [-0.25, -0.2) is 32.7 Å². The third-order valence-electron chi connectivity index (χ3n) is 24.7. The molecule has 7 aromatic rings. The Hall–Kier alpha value is -8.27. The average Bonchev–Trinajstić information content (AvgIpc) is 1.62. The van der Waals surface area contributed by atoms with Crippen molar-refractivity contribution >= 4 is 122 Å². The zero-order chi connectivity index (χ0) is 111. The molecule has 0 radical (unpaired) electrons. The van der Waals surface area contributed by atoms with E-state index in [1.807, 2.05) is 0 Å². The minimum atomic E-state index is -1.86. The van der Waals surface area contributed by atoms with Gasteiger partial charge >= 0.3 is 11.4 Å². The first-order chi connectivity index (χ1) is 68.6. The number of aliphatic hydroxyl groups excluding tert-OH is 16. The second-order valence-electron chi connectivity index (χ2n) is 35.9. The van der Waals surface area contributed by atoms with E-state index >= 15 is 0 Å². The number of hydrogen-bond acceptors (Lipinski definition) is 50. The van der Waals surface area contributed by atoms with Gasteiger partial charge in [0.2, 0.25) is 10.6 Å². The Morgan fingerprint density at radius 3 is 0.966 bits per heavy atom. The molecular weight excluding hydrogens is 2170 g/mol. The lowest BCUT2D eigenvalue weighted by atomic mass is 9.96. The first-order valence-electron chi connectivity index (χ1n) is 43.5. The Kier molecular flexibility index (Phi) is 40.8. The SMILES string of the molecule is C=C1N=C(N)C(F)=CN1[C@@H]1O[C@H](CO)[C@H](O)C1(C)O.CC1(O)[C@@H](O)[C@@H](CO)O[C@H]1n1cc(F)c(=O)[nH]c1=S.CC1(O)[C@@H](O)[C@@H](CO)O[C@H]1n1cc(F)c(=S)[nH]c1=O.CC1(O)[C@@H](O)[C@@H](CO)O[C@H]1n1cc(F)c(=S)[nH]c1=S.CC1(O)[C@@H](O)[C@@H](CO)O[C@H]1n1ccc(=O)[nH]c1=S.CC1(O)[C@@H](O)[C@@H](CO)O[C@H]1n1ccc(=S)[nH]c1=O.CC1(O)[C@@H](O)[C@@H](CO)O[C@H]1n1ccc(=S)[nH]c1=S.CC1(O)[C@@H](O)[C@@H](CO)O[C@H]1n1ccc(N)nc1=S. The fourth-order valence-electron chi connectivity index (χ4n) is 16.2. The van der Waals surface area contributed by atoms with Crippen LogP contribution in [-0.2, 0) is 37.9 Å². The second kappa shape index (κ2) is 49.0. The largest absolute Gasteiger partial charge is 0.394 e. The first kappa shape index (κ1) is 123. The van der Waals surface area contributed by atoms with Gasteiger partial charge in [0.15, 0.2) is 92.2 Å². The quantitative estimate of drug-likeness (QED) is 0.0317. The number of aliphatic imine (C=N–C) groups is 1. The average molecular weight is 2280 g/mol. The summed E-state index contributed by atoms with van der Waals surface area (Å²) in [6.07, 6.45) is -17.3. The number of anilines is 1. The highest BCUT2D eigenvalue weighted by Gasteiger charge is 2.61. The van der Waals surface area contributed by atoms with Crippen molar-refractivity contribution in [3.8, 4) is 0 Å². The minimum Gasteiger partial charge on any atom is -0.394 e. The van der Waals surface area contributed by atoms with Gasteiger partial charge in [0.25, 0.3) is 11.1 Å². The van der Waals surface area contributed by atoms with Gasteiger partial charge in [0.05, 0.1) is 65.2 Å². The summed E-state index contributed by atoms with van der Waals surface area (Å²) in [6, 6.07) is 5.81. The number of amidine groups is 1. The highest BCUT2D eigenvalue weighted by atomic mass is 32.1. The molecular formula is C81H112F4N18O36S9. The third kappa shape index (κ3) is 25.8. The number of nitrogens with zero attached hydrogens (tertiary/aromatic N) is 10. The van der Waals surface area contributed by atoms with Crippen LogP contribution in [-0.4, -0.2) is 402 Å². The van der Waals surface area contributed by atoms with Gasteiger partial charge in [0, 0.05) is 43.3 Å². The van der Waals surface area contributed by atoms with Crippen molar-refractivity contribution in [2.24, 2.45) is 10.7 Å². The number of rotatable bonds is 16. The van der Waals surface area contributed by atoms with E-state index in [4.69, 9.17) is 188 Å². The number of halogens is 4. The van der Waals surface area contributed by atoms with Crippen LogP contribution >= 0.6 is 110 Å². The normalized spacial score (nSPS) is 35.9. The molecule has 0 aliphatic carbocycles. The summed E-state index contributed by atoms with van der Waals surface area (Å²) in [6.45, 7) is 10.6. The Morgan fingerprint density at radius 2 is 0.622 bits per heavy atom. The van der Waals surface area contributed by atoms with Crippen molar-refractivity contribution in [2.45, 2.75) is 248 Å². The van der Waals surface area contributed by atoms with Crippen LogP contribution in [0, 0.1) is 59.9 Å². The van der Waals surface area contributed by atoms with E-state index in [0.717, 1.165) is 48.0 Å². The maximum Gasteiger partial charge on any atom is 0.328 e. The van der Waals surface area contributed by atoms with Gasteiger partial charge in [-0.05, 0) is 135 Å². The first-order valence-corrected chi connectivity index (χ1v) is 47.2. The molecule has 0 aromatic carbocycles. The monoisotopic (exact) mass is 2280 g/mol. The van der Waals surface area contributed by atoms with Crippen LogP contribution in [0.2, 0.25) is 0 Å². The fourth-order valence-corrected chi connectivity index (χ4v) is 18.2. The maximum atomic E-state index is 13.5. The lowest BCUT2D eigenvalue weighted by Gasteiger charge is -2.35. The van der Waals surface area contributed by atoms with Crippen LogP contribution in [0.3, 0.4) is 0 Å². The Bertz CT molecular complexity index is 6310. The number of H-pyrrole nitrogens is 6.